The van der Waals surface area contributed by atoms with Gasteiger partial charge in [0.25, 0.3) is 5.56 Å². The highest BCUT2D eigenvalue weighted by Gasteiger charge is 2.25. The maximum atomic E-state index is 12.5. The van der Waals surface area contributed by atoms with Crippen LogP contribution in [-0.2, 0) is 0 Å². The largest absolute Gasteiger partial charge is 0.367 e. The molecule has 4 aromatic heterocycles. The number of fused-ring (bicyclic) bond motifs is 1. The maximum absolute atomic E-state index is 12.5. The van der Waals surface area contributed by atoms with Gasteiger partial charge in [-0.25, -0.2) is 19.6 Å². The highest BCUT2D eigenvalue weighted by atomic mass is 16.1. The van der Waals surface area contributed by atoms with Gasteiger partial charge in [0.1, 0.15) is 11.6 Å². The van der Waals surface area contributed by atoms with E-state index < -0.39 is 0 Å². The summed E-state index contributed by atoms with van der Waals surface area (Å²) in [5, 5.41) is 9.17. The fraction of sp³-hybridized carbons (Fsp3) is 0.304. The van der Waals surface area contributed by atoms with Crippen molar-refractivity contribution in [3.8, 4) is 11.3 Å². The van der Waals surface area contributed by atoms with Crippen molar-refractivity contribution in [1.29, 1.82) is 0 Å². The summed E-state index contributed by atoms with van der Waals surface area (Å²) < 4.78 is 1.65. The van der Waals surface area contributed by atoms with Crippen molar-refractivity contribution in [2.24, 2.45) is 0 Å². The first-order valence-corrected chi connectivity index (χ1v) is 10.5. The molecule has 8 nitrogen and oxygen atoms in total. The van der Waals surface area contributed by atoms with Crippen LogP contribution in [0.25, 0.3) is 22.3 Å². The Morgan fingerprint density at radius 1 is 0.968 bits per heavy atom. The zero-order valence-electron chi connectivity index (χ0n) is 17.3. The standard InChI is InChI=1S/C23H23N7O/c1-15-26-22-19(3-2-12-25-22)23(27-15)28-17-4-6-18(7-5-17)30-21(31)9-8-20(29-30)16-10-13-24-14-11-16/h2-3,8-14,17-18H,4-7H2,1H3,(H,25,26,27,28). The molecule has 156 valence electrons. The molecule has 0 bridgehead atoms. The molecule has 1 saturated carbocycles. The summed E-state index contributed by atoms with van der Waals surface area (Å²) in [6.07, 6.45) is 8.84. The molecule has 0 aromatic carbocycles. The molecule has 0 radical (unpaired) electrons. The van der Waals surface area contributed by atoms with Gasteiger partial charge in [-0.2, -0.15) is 5.10 Å². The Morgan fingerprint density at radius 2 is 1.77 bits per heavy atom. The molecule has 1 aliphatic rings. The summed E-state index contributed by atoms with van der Waals surface area (Å²) in [6.45, 7) is 1.88. The van der Waals surface area contributed by atoms with Crippen LogP contribution in [0.15, 0.2) is 59.8 Å². The number of aromatic nitrogens is 6. The molecule has 0 aliphatic heterocycles. The predicted octanol–water partition coefficient (Wildman–Crippen LogP) is 3.55. The summed E-state index contributed by atoms with van der Waals surface area (Å²) in [5.74, 6) is 1.53. The Labute approximate surface area is 179 Å². The van der Waals surface area contributed by atoms with Crippen molar-refractivity contribution in [3.63, 3.8) is 0 Å². The molecule has 1 N–H and O–H groups in total. The second kappa shape index (κ2) is 8.22. The van der Waals surface area contributed by atoms with Gasteiger partial charge in [-0.1, -0.05) is 0 Å². The number of rotatable bonds is 4. The van der Waals surface area contributed by atoms with E-state index in [0.29, 0.717) is 11.5 Å². The van der Waals surface area contributed by atoms with Gasteiger partial charge in [-0.15, -0.1) is 0 Å². The minimum Gasteiger partial charge on any atom is -0.367 e. The summed E-state index contributed by atoms with van der Waals surface area (Å²) in [7, 11) is 0. The Morgan fingerprint density at radius 3 is 2.58 bits per heavy atom. The monoisotopic (exact) mass is 413 g/mol. The van der Waals surface area contributed by atoms with Crippen LogP contribution in [-0.4, -0.2) is 35.8 Å². The lowest BCUT2D eigenvalue weighted by Gasteiger charge is -2.30. The van der Waals surface area contributed by atoms with Gasteiger partial charge in [0, 0.05) is 36.3 Å². The van der Waals surface area contributed by atoms with Crippen molar-refractivity contribution in [1.82, 2.24) is 29.7 Å². The van der Waals surface area contributed by atoms with Crippen molar-refractivity contribution in [2.45, 2.75) is 44.7 Å². The Balaban J connectivity index is 1.32. The third-order valence-electron chi connectivity index (χ3n) is 5.77. The van der Waals surface area contributed by atoms with E-state index in [-0.39, 0.29) is 17.6 Å². The van der Waals surface area contributed by atoms with Crippen LogP contribution in [0.4, 0.5) is 5.82 Å². The van der Waals surface area contributed by atoms with Crippen LogP contribution >= 0.6 is 0 Å². The van der Waals surface area contributed by atoms with Crippen LogP contribution in [0.1, 0.15) is 37.5 Å². The molecule has 0 unspecified atom stereocenters. The fourth-order valence-corrected chi connectivity index (χ4v) is 4.20. The van der Waals surface area contributed by atoms with Gasteiger partial charge in [0.05, 0.1) is 17.1 Å². The molecule has 31 heavy (non-hydrogen) atoms. The van der Waals surface area contributed by atoms with Crippen LogP contribution in [0.3, 0.4) is 0 Å². The minimum atomic E-state index is -0.0577. The average molecular weight is 413 g/mol. The molecule has 4 aromatic rings. The van der Waals surface area contributed by atoms with Gasteiger partial charge < -0.3 is 5.32 Å². The zero-order valence-corrected chi connectivity index (χ0v) is 17.3. The van der Waals surface area contributed by atoms with Crippen LogP contribution in [0.5, 0.6) is 0 Å². The number of hydrogen-bond acceptors (Lipinski definition) is 7. The van der Waals surface area contributed by atoms with Crippen LogP contribution in [0, 0.1) is 6.92 Å². The molecule has 0 spiro atoms. The molecule has 5 rings (SSSR count). The van der Waals surface area contributed by atoms with E-state index >= 15 is 0 Å². The topological polar surface area (TPSA) is 98.5 Å². The summed E-state index contributed by atoms with van der Waals surface area (Å²) in [6, 6.07) is 11.5. The van der Waals surface area contributed by atoms with E-state index in [9.17, 15) is 4.79 Å². The van der Waals surface area contributed by atoms with E-state index in [1.807, 2.05) is 31.2 Å². The lowest BCUT2D eigenvalue weighted by Crippen LogP contribution is -2.33. The summed E-state index contributed by atoms with van der Waals surface area (Å²) in [4.78, 5) is 29.9. The first-order chi connectivity index (χ1) is 15.2. The van der Waals surface area contributed by atoms with Crippen molar-refractivity contribution >= 4 is 16.9 Å². The molecule has 0 amide bonds. The van der Waals surface area contributed by atoms with Gasteiger partial charge in [-0.3, -0.25) is 9.78 Å². The minimum absolute atomic E-state index is 0.0577. The van der Waals surface area contributed by atoms with Gasteiger partial charge in [0.2, 0.25) is 0 Å². The van der Waals surface area contributed by atoms with Gasteiger partial charge >= 0.3 is 0 Å². The van der Waals surface area contributed by atoms with E-state index in [1.165, 1.54) is 0 Å². The SMILES string of the molecule is Cc1nc(NC2CCC(n3nc(-c4ccncc4)ccc3=O)CC2)c2cccnc2n1. The summed E-state index contributed by atoms with van der Waals surface area (Å²) >= 11 is 0. The molecular formula is C23H23N7O. The highest BCUT2D eigenvalue weighted by molar-refractivity contribution is 5.86. The van der Waals surface area contributed by atoms with Crippen LogP contribution in [0.2, 0.25) is 0 Å². The Bertz CT molecular complexity index is 1260. The second-order valence-corrected chi connectivity index (χ2v) is 7.88. The molecule has 1 aliphatic carbocycles. The lowest BCUT2D eigenvalue weighted by atomic mass is 9.91. The van der Waals surface area contributed by atoms with E-state index in [1.54, 1.807) is 35.4 Å². The number of nitrogens with one attached hydrogen (secondary N) is 1. The number of pyridine rings is 2. The smallest absolute Gasteiger partial charge is 0.267 e. The number of hydrogen-bond donors (Lipinski definition) is 1. The fourth-order valence-electron chi connectivity index (χ4n) is 4.20. The molecular weight excluding hydrogens is 390 g/mol. The molecule has 8 heteroatoms. The molecule has 1 fully saturated rings. The maximum Gasteiger partial charge on any atom is 0.267 e. The van der Waals surface area contributed by atoms with Crippen molar-refractivity contribution in [2.75, 3.05) is 5.32 Å². The van der Waals surface area contributed by atoms with Gasteiger partial charge in [-0.05, 0) is 62.9 Å². The lowest BCUT2D eigenvalue weighted by molar-refractivity contribution is 0.304. The Hall–Kier alpha value is -3.68. The number of anilines is 1. The predicted molar refractivity (Wildman–Crippen MR) is 119 cm³/mol. The van der Waals surface area contributed by atoms with Crippen molar-refractivity contribution in [3.05, 3.63) is 71.2 Å². The van der Waals surface area contributed by atoms with Crippen molar-refractivity contribution < 1.29 is 0 Å². The third kappa shape index (κ3) is 4.01. The molecule has 0 saturated heterocycles. The number of aryl methyl sites for hydroxylation is 1. The first-order valence-electron chi connectivity index (χ1n) is 10.5. The normalized spacial score (nSPS) is 18.7. The third-order valence-corrected chi connectivity index (χ3v) is 5.77. The first kappa shape index (κ1) is 19.3. The summed E-state index contributed by atoms with van der Waals surface area (Å²) in [5.41, 5.74) is 2.39. The molecule has 0 atom stereocenters. The average Bonchev–Trinajstić information content (AvgIpc) is 2.80. The van der Waals surface area contributed by atoms with Crippen LogP contribution < -0.4 is 10.9 Å². The van der Waals surface area contributed by atoms with Gasteiger partial charge in [0.15, 0.2) is 5.65 Å². The van der Waals surface area contributed by atoms with E-state index in [2.05, 4.69) is 30.4 Å². The number of nitrogens with zero attached hydrogens (tertiary/aromatic N) is 6. The highest BCUT2D eigenvalue weighted by Crippen LogP contribution is 2.30. The molecule has 4 heterocycles. The van der Waals surface area contributed by atoms with E-state index in [0.717, 1.165) is 48.1 Å². The zero-order chi connectivity index (χ0) is 21.2. The van der Waals surface area contributed by atoms with E-state index in [4.69, 9.17) is 0 Å². The quantitative estimate of drug-likeness (QED) is 0.546. The Kier molecular flexibility index (Phi) is 5.11. The second-order valence-electron chi connectivity index (χ2n) is 7.88.